The van der Waals surface area contributed by atoms with Crippen molar-refractivity contribution in [1.82, 2.24) is 14.2 Å². The van der Waals surface area contributed by atoms with E-state index in [2.05, 4.69) is 9.88 Å². The fraction of sp³-hybridized carbons (Fsp3) is 0.353. The van der Waals surface area contributed by atoms with Crippen molar-refractivity contribution in [3.8, 4) is 0 Å². The number of non-ortho nitro benzene ring substituents is 1. The molecule has 0 spiro atoms. The quantitative estimate of drug-likeness (QED) is 0.399. The molecule has 1 aliphatic rings. The molecule has 0 amide bonds. The second-order valence-electron chi connectivity index (χ2n) is 6.51. The number of hydrogen-bond acceptors (Lipinski definition) is 6. The van der Waals surface area contributed by atoms with Gasteiger partial charge in [0.2, 0.25) is 10.0 Å². The molecule has 1 saturated heterocycles. The van der Waals surface area contributed by atoms with Gasteiger partial charge in [-0.1, -0.05) is 29.3 Å². The summed E-state index contributed by atoms with van der Waals surface area (Å²) in [5.74, 6) is 0. The molecule has 11 heteroatoms. The van der Waals surface area contributed by atoms with Gasteiger partial charge in [-0.15, -0.1) is 0 Å². The minimum Gasteiger partial charge on any atom is -0.296 e. The Morgan fingerprint density at radius 2 is 1.71 bits per heavy atom. The average molecular weight is 445 g/mol. The van der Waals surface area contributed by atoms with E-state index in [9.17, 15) is 18.5 Å². The van der Waals surface area contributed by atoms with Crippen LogP contribution in [0.25, 0.3) is 0 Å². The van der Waals surface area contributed by atoms with Crippen LogP contribution < -0.4 is 0 Å². The molecular formula is C17H18Cl2N4O4S. The van der Waals surface area contributed by atoms with Crippen molar-refractivity contribution in [3.05, 3.63) is 61.9 Å². The van der Waals surface area contributed by atoms with Gasteiger partial charge in [0, 0.05) is 44.9 Å². The molecule has 1 aromatic carbocycles. The van der Waals surface area contributed by atoms with Crippen LogP contribution in [0.2, 0.25) is 10.3 Å². The van der Waals surface area contributed by atoms with E-state index >= 15 is 0 Å². The fourth-order valence-electron chi connectivity index (χ4n) is 3.11. The minimum atomic E-state index is -3.81. The summed E-state index contributed by atoms with van der Waals surface area (Å²) in [6, 6.07) is 7.33. The third kappa shape index (κ3) is 4.61. The third-order valence-corrected chi connectivity index (χ3v) is 6.99. The van der Waals surface area contributed by atoms with E-state index in [1.807, 2.05) is 0 Å². The summed E-state index contributed by atoms with van der Waals surface area (Å²) in [5.41, 5.74) is 1.14. The number of benzene rings is 1. The summed E-state index contributed by atoms with van der Waals surface area (Å²) in [4.78, 5) is 16.4. The Kier molecular flexibility index (Phi) is 6.21. The van der Waals surface area contributed by atoms with Crippen LogP contribution in [0.4, 0.5) is 5.69 Å². The number of rotatable bonds is 5. The van der Waals surface area contributed by atoms with E-state index in [-0.39, 0.29) is 23.7 Å². The van der Waals surface area contributed by atoms with Gasteiger partial charge in [0.1, 0.15) is 10.3 Å². The summed E-state index contributed by atoms with van der Waals surface area (Å²) >= 11 is 11.8. The summed E-state index contributed by atoms with van der Waals surface area (Å²) in [5, 5.41) is 11.6. The number of aryl methyl sites for hydroxylation is 1. The zero-order valence-electron chi connectivity index (χ0n) is 15.0. The molecule has 1 fully saturated rings. The molecule has 2 heterocycles. The van der Waals surface area contributed by atoms with E-state index in [0.717, 1.165) is 11.6 Å². The van der Waals surface area contributed by atoms with Gasteiger partial charge in [0.15, 0.2) is 0 Å². The average Bonchev–Trinajstić information content (AvgIpc) is 2.61. The van der Waals surface area contributed by atoms with Crippen LogP contribution >= 0.6 is 23.2 Å². The minimum absolute atomic E-state index is 0.0251. The molecule has 0 atom stereocenters. The lowest BCUT2D eigenvalue weighted by Gasteiger charge is -2.34. The largest absolute Gasteiger partial charge is 0.296 e. The number of nitro groups is 1. The number of pyridine rings is 1. The molecule has 0 radical (unpaired) electrons. The van der Waals surface area contributed by atoms with Gasteiger partial charge in [-0.2, -0.15) is 4.31 Å². The third-order valence-electron chi connectivity index (χ3n) is 4.56. The van der Waals surface area contributed by atoms with Crippen molar-refractivity contribution < 1.29 is 13.3 Å². The molecule has 150 valence electrons. The van der Waals surface area contributed by atoms with Gasteiger partial charge >= 0.3 is 0 Å². The van der Waals surface area contributed by atoms with Gasteiger partial charge in [-0.3, -0.25) is 15.0 Å². The van der Waals surface area contributed by atoms with Crippen molar-refractivity contribution in [1.29, 1.82) is 0 Å². The Labute approximate surface area is 172 Å². The molecule has 3 rings (SSSR count). The van der Waals surface area contributed by atoms with Crippen LogP contribution in [0.1, 0.15) is 11.1 Å². The van der Waals surface area contributed by atoms with Gasteiger partial charge in [-0.25, -0.2) is 13.4 Å². The second-order valence-corrected chi connectivity index (χ2v) is 9.19. The first-order valence-corrected chi connectivity index (χ1v) is 10.7. The van der Waals surface area contributed by atoms with Crippen LogP contribution in [0, 0.1) is 17.0 Å². The standard InChI is InChI=1S/C17H18Cl2N4O4S/c1-12-2-3-14(23(24)25)10-15(12)28(26,27)22-6-4-21(5-7-22)11-13-8-16(18)20-17(19)9-13/h2-3,8-10H,4-7,11H2,1H3. The maximum atomic E-state index is 13.0. The maximum Gasteiger partial charge on any atom is 0.270 e. The van der Waals surface area contributed by atoms with Crippen LogP contribution in [0.3, 0.4) is 0 Å². The summed E-state index contributed by atoms with van der Waals surface area (Å²) in [7, 11) is -3.81. The number of piperazine rings is 1. The molecule has 1 aliphatic heterocycles. The molecule has 0 N–H and O–H groups in total. The molecular weight excluding hydrogens is 427 g/mol. The lowest BCUT2D eigenvalue weighted by atomic mass is 10.2. The van der Waals surface area contributed by atoms with Gasteiger partial charge in [-0.05, 0) is 30.2 Å². The zero-order chi connectivity index (χ0) is 20.5. The molecule has 0 bridgehead atoms. The van der Waals surface area contributed by atoms with Crippen LogP contribution in [-0.2, 0) is 16.6 Å². The molecule has 2 aromatic rings. The Morgan fingerprint density at radius 1 is 1.11 bits per heavy atom. The van der Waals surface area contributed by atoms with Gasteiger partial charge in [0.05, 0.1) is 9.82 Å². The van der Waals surface area contributed by atoms with Crippen molar-refractivity contribution >= 4 is 38.9 Å². The lowest BCUT2D eigenvalue weighted by molar-refractivity contribution is -0.385. The Hall–Kier alpha value is -1.78. The van der Waals surface area contributed by atoms with E-state index in [1.165, 1.54) is 16.4 Å². The molecule has 0 aliphatic carbocycles. The molecule has 1 aromatic heterocycles. The monoisotopic (exact) mass is 444 g/mol. The van der Waals surface area contributed by atoms with Gasteiger partial charge < -0.3 is 0 Å². The SMILES string of the molecule is Cc1ccc([N+](=O)[O-])cc1S(=O)(=O)N1CCN(Cc2cc(Cl)nc(Cl)c2)CC1. The summed E-state index contributed by atoms with van der Waals surface area (Å²) in [6.07, 6.45) is 0. The smallest absolute Gasteiger partial charge is 0.270 e. The number of aromatic nitrogens is 1. The van der Waals surface area contributed by atoms with Crippen molar-refractivity contribution in [2.24, 2.45) is 0 Å². The van der Waals surface area contributed by atoms with Crippen LogP contribution in [0.15, 0.2) is 35.2 Å². The van der Waals surface area contributed by atoms with E-state index < -0.39 is 14.9 Å². The Bertz CT molecular complexity index is 988. The predicted molar refractivity (Wildman–Crippen MR) is 106 cm³/mol. The first-order valence-electron chi connectivity index (χ1n) is 8.46. The van der Waals surface area contributed by atoms with Crippen molar-refractivity contribution in [2.75, 3.05) is 26.2 Å². The summed E-state index contributed by atoms with van der Waals surface area (Å²) < 4.78 is 27.3. The first kappa shape index (κ1) is 20.9. The predicted octanol–water partition coefficient (Wildman–Crippen LogP) is 3.11. The van der Waals surface area contributed by atoms with Crippen molar-refractivity contribution in [3.63, 3.8) is 0 Å². The number of hydrogen-bond donors (Lipinski definition) is 0. The highest BCUT2D eigenvalue weighted by molar-refractivity contribution is 7.89. The number of nitrogens with zero attached hydrogens (tertiary/aromatic N) is 4. The Balaban J connectivity index is 1.72. The lowest BCUT2D eigenvalue weighted by Crippen LogP contribution is -2.48. The first-order chi connectivity index (χ1) is 13.2. The highest BCUT2D eigenvalue weighted by atomic mass is 35.5. The van der Waals surface area contributed by atoms with Crippen LogP contribution in [-0.4, -0.2) is 53.7 Å². The topological polar surface area (TPSA) is 96.6 Å². The number of sulfonamides is 1. The molecule has 28 heavy (non-hydrogen) atoms. The molecule has 0 unspecified atom stereocenters. The highest BCUT2D eigenvalue weighted by Crippen LogP contribution is 2.26. The van der Waals surface area contributed by atoms with E-state index in [4.69, 9.17) is 23.2 Å². The van der Waals surface area contributed by atoms with E-state index in [1.54, 1.807) is 19.1 Å². The number of halogens is 2. The normalized spacial score (nSPS) is 16.2. The van der Waals surface area contributed by atoms with Crippen LogP contribution in [0.5, 0.6) is 0 Å². The Morgan fingerprint density at radius 3 is 2.29 bits per heavy atom. The molecule has 0 saturated carbocycles. The fourth-order valence-corrected chi connectivity index (χ4v) is 5.28. The number of nitro benzene ring substituents is 1. The maximum absolute atomic E-state index is 13.0. The second kappa shape index (κ2) is 8.30. The van der Waals surface area contributed by atoms with Crippen molar-refractivity contribution in [2.45, 2.75) is 18.4 Å². The molecule has 8 nitrogen and oxygen atoms in total. The highest BCUT2D eigenvalue weighted by Gasteiger charge is 2.30. The van der Waals surface area contributed by atoms with E-state index in [0.29, 0.717) is 35.5 Å². The van der Waals surface area contributed by atoms with Gasteiger partial charge in [0.25, 0.3) is 5.69 Å². The zero-order valence-corrected chi connectivity index (χ0v) is 17.3. The summed E-state index contributed by atoms with van der Waals surface area (Å²) in [6.45, 7) is 3.82.